The lowest BCUT2D eigenvalue weighted by atomic mass is 10.0. The number of carbonyl (C=O) groups excluding carboxylic acids is 2. The first kappa shape index (κ1) is 25.7. The second-order valence-electron chi connectivity index (χ2n) is 8.81. The molecule has 7 heteroatoms. The molecule has 3 aromatic rings. The second-order valence-corrected chi connectivity index (χ2v) is 9.22. The van der Waals surface area contributed by atoms with Gasteiger partial charge in [-0.25, -0.2) is 0 Å². The second kappa shape index (κ2) is 13.1. The van der Waals surface area contributed by atoms with E-state index < -0.39 is 6.04 Å². The van der Waals surface area contributed by atoms with Gasteiger partial charge < -0.3 is 19.7 Å². The zero-order chi connectivity index (χ0) is 25.2. The summed E-state index contributed by atoms with van der Waals surface area (Å²) < 4.78 is 11.4. The summed E-state index contributed by atoms with van der Waals surface area (Å²) in [5.74, 6) is -0.0852. The lowest BCUT2D eigenvalue weighted by molar-refractivity contribution is -0.143. The molecule has 0 radical (unpaired) electrons. The van der Waals surface area contributed by atoms with Gasteiger partial charge in [-0.1, -0.05) is 84.4 Å². The molecule has 4 rings (SSSR count). The summed E-state index contributed by atoms with van der Waals surface area (Å²) in [5, 5.41) is 3.46. The fourth-order valence-electron chi connectivity index (χ4n) is 4.26. The zero-order valence-electron chi connectivity index (χ0n) is 20.1. The first-order valence-corrected chi connectivity index (χ1v) is 12.6. The van der Waals surface area contributed by atoms with E-state index >= 15 is 0 Å². The fraction of sp³-hybridized carbons (Fsp3) is 0.310. The number of carbonyl (C=O) groups is 2. The lowest BCUT2D eigenvalue weighted by Gasteiger charge is -2.31. The largest absolute Gasteiger partial charge is 0.482 e. The summed E-state index contributed by atoms with van der Waals surface area (Å²) in [4.78, 5) is 28.7. The zero-order valence-corrected chi connectivity index (χ0v) is 20.9. The van der Waals surface area contributed by atoms with Gasteiger partial charge in [-0.2, -0.15) is 0 Å². The van der Waals surface area contributed by atoms with Gasteiger partial charge in [0.1, 0.15) is 11.8 Å². The van der Waals surface area contributed by atoms with Gasteiger partial charge in [0, 0.05) is 26.1 Å². The molecule has 0 aromatic heterocycles. The normalized spacial score (nSPS) is 15.8. The van der Waals surface area contributed by atoms with Crippen molar-refractivity contribution in [3.8, 4) is 5.75 Å². The van der Waals surface area contributed by atoms with Gasteiger partial charge in [-0.15, -0.1) is 0 Å². The number of nitrogens with one attached hydrogen (secondary N) is 1. The Morgan fingerprint density at radius 1 is 0.972 bits per heavy atom. The summed E-state index contributed by atoms with van der Waals surface area (Å²) in [5.41, 5.74) is 1.89. The number of nitrogens with zero attached hydrogens (tertiary/aromatic N) is 1. The van der Waals surface area contributed by atoms with Crippen molar-refractivity contribution < 1.29 is 19.1 Å². The van der Waals surface area contributed by atoms with Crippen molar-refractivity contribution in [2.45, 2.75) is 38.0 Å². The SMILES string of the molecule is O=C(NC[C@@H]1CCCO1)[C@@H](Cc1ccccc1)N(Cc1ccccc1)C(=O)COc1ccccc1Cl. The molecule has 6 nitrogen and oxygen atoms in total. The van der Waals surface area contributed by atoms with Crippen molar-refractivity contribution in [2.24, 2.45) is 0 Å². The van der Waals surface area contributed by atoms with Crippen LogP contribution in [-0.2, 0) is 27.3 Å². The number of rotatable bonds is 11. The number of benzene rings is 3. The van der Waals surface area contributed by atoms with Gasteiger partial charge in [0.05, 0.1) is 11.1 Å². The van der Waals surface area contributed by atoms with Crippen LogP contribution in [0.5, 0.6) is 5.75 Å². The van der Waals surface area contributed by atoms with Crippen LogP contribution in [0.3, 0.4) is 0 Å². The van der Waals surface area contributed by atoms with Crippen LogP contribution < -0.4 is 10.1 Å². The molecule has 0 unspecified atom stereocenters. The molecule has 3 aromatic carbocycles. The molecule has 1 N–H and O–H groups in total. The Hall–Kier alpha value is -3.35. The number of hydrogen-bond donors (Lipinski definition) is 1. The Labute approximate surface area is 217 Å². The molecule has 2 amide bonds. The molecule has 1 aliphatic rings. The molecule has 1 saturated heterocycles. The molecule has 0 saturated carbocycles. The minimum absolute atomic E-state index is 0.00755. The third kappa shape index (κ3) is 7.33. The van der Waals surface area contributed by atoms with E-state index in [1.165, 1.54) is 0 Å². The van der Waals surface area contributed by atoms with Gasteiger partial charge in [0.2, 0.25) is 5.91 Å². The van der Waals surface area contributed by atoms with E-state index in [4.69, 9.17) is 21.1 Å². The molecular formula is C29H31ClN2O4. The fourth-order valence-corrected chi connectivity index (χ4v) is 4.45. The summed E-state index contributed by atoms with van der Waals surface area (Å²) in [6.45, 7) is 1.18. The molecule has 1 heterocycles. The van der Waals surface area contributed by atoms with Crippen molar-refractivity contribution in [3.05, 3.63) is 101 Å². The van der Waals surface area contributed by atoms with Gasteiger partial charge in [-0.05, 0) is 36.1 Å². The highest BCUT2D eigenvalue weighted by atomic mass is 35.5. The highest BCUT2D eigenvalue weighted by Gasteiger charge is 2.31. The van der Waals surface area contributed by atoms with E-state index in [0.717, 1.165) is 24.0 Å². The molecular weight excluding hydrogens is 476 g/mol. The maximum atomic E-state index is 13.6. The standard InChI is InChI=1S/C29H31ClN2O4/c30-25-15-7-8-16-27(25)36-21-28(33)32(20-23-12-5-2-6-13-23)26(18-22-10-3-1-4-11-22)29(34)31-19-24-14-9-17-35-24/h1-8,10-13,15-16,24,26H,9,14,17-21H2,(H,31,34)/t24-,26+/m0/s1. The molecule has 2 atom stereocenters. The predicted molar refractivity (Wildman–Crippen MR) is 140 cm³/mol. The van der Waals surface area contributed by atoms with Crippen LogP contribution in [0.2, 0.25) is 5.02 Å². The van der Waals surface area contributed by atoms with Crippen molar-refractivity contribution in [1.29, 1.82) is 0 Å². The van der Waals surface area contributed by atoms with Crippen LogP contribution in [0.25, 0.3) is 0 Å². The van der Waals surface area contributed by atoms with Crippen LogP contribution in [-0.4, -0.2) is 48.6 Å². The highest BCUT2D eigenvalue weighted by molar-refractivity contribution is 6.32. The van der Waals surface area contributed by atoms with Crippen LogP contribution in [0, 0.1) is 0 Å². The number of amides is 2. The summed E-state index contributed by atoms with van der Waals surface area (Å²) >= 11 is 6.21. The molecule has 188 valence electrons. The quantitative estimate of drug-likeness (QED) is 0.411. The molecule has 0 bridgehead atoms. The summed E-state index contributed by atoms with van der Waals surface area (Å²) in [6, 6.07) is 25.7. The Bertz CT molecular complexity index is 1120. The van der Waals surface area contributed by atoms with E-state index in [1.54, 1.807) is 29.2 Å². The average Bonchev–Trinajstić information content (AvgIpc) is 3.44. The summed E-state index contributed by atoms with van der Waals surface area (Å²) in [6.07, 6.45) is 2.30. The topological polar surface area (TPSA) is 67.9 Å². The van der Waals surface area contributed by atoms with E-state index in [-0.39, 0.29) is 31.1 Å². The van der Waals surface area contributed by atoms with Crippen molar-refractivity contribution in [1.82, 2.24) is 10.2 Å². The number of hydrogen-bond acceptors (Lipinski definition) is 4. The minimum atomic E-state index is -0.726. The lowest BCUT2D eigenvalue weighted by Crippen LogP contribution is -2.52. The number of ether oxygens (including phenoxy) is 2. The molecule has 0 spiro atoms. The summed E-state index contributed by atoms with van der Waals surface area (Å²) in [7, 11) is 0. The predicted octanol–water partition coefficient (Wildman–Crippen LogP) is 4.65. The van der Waals surface area contributed by atoms with Crippen molar-refractivity contribution >= 4 is 23.4 Å². The Balaban J connectivity index is 1.57. The van der Waals surface area contributed by atoms with Gasteiger partial charge in [0.25, 0.3) is 5.91 Å². The Morgan fingerprint density at radius 2 is 1.64 bits per heavy atom. The highest BCUT2D eigenvalue weighted by Crippen LogP contribution is 2.23. The Morgan fingerprint density at radius 3 is 2.31 bits per heavy atom. The minimum Gasteiger partial charge on any atom is -0.482 e. The van der Waals surface area contributed by atoms with Crippen molar-refractivity contribution in [3.63, 3.8) is 0 Å². The van der Waals surface area contributed by atoms with Crippen LogP contribution in [0.15, 0.2) is 84.9 Å². The van der Waals surface area contributed by atoms with Crippen molar-refractivity contribution in [2.75, 3.05) is 19.8 Å². The molecule has 36 heavy (non-hydrogen) atoms. The van der Waals surface area contributed by atoms with Crippen LogP contribution in [0.4, 0.5) is 0 Å². The first-order chi connectivity index (χ1) is 17.6. The number of halogens is 1. The molecule has 1 aliphatic heterocycles. The molecule has 1 fully saturated rings. The smallest absolute Gasteiger partial charge is 0.261 e. The van der Waals surface area contributed by atoms with E-state index in [2.05, 4.69) is 5.32 Å². The van der Waals surface area contributed by atoms with E-state index in [9.17, 15) is 9.59 Å². The Kier molecular flexibility index (Phi) is 9.36. The maximum absolute atomic E-state index is 13.6. The van der Waals surface area contributed by atoms with E-state index in [1.807, 2.05) is 60.7 Å². The average molecular weight is 507 g/mol. The van der Waals surface area contributed by atoms with Crippen LogP contribution in [0.1, 0.15) is 24.0 Å². The first-order valence-electron chi connectivity index (χ1n) is 12.2. The monoisotopic (exact) mass is 506 g/mol. The third-order valence-electron chi connectivity index (χ3n) is 6.18. The molecule has 0 aliphatic carbocycles. The van der Waals surface area contributed by atoms with Crippen LogP contribution >= 0.6 is 11.6 Å². The van der Waals surface area contributed by atoms with Gasteiger partial charge >= 0.3 is 0 Å². The van der Waals surface area contributed by atoms with Gasteiger partial charge in [-0.3, -0.25) is 9.59 Å². The van der Waals surface area contributed by atoms with Gasteiger partial charge in [0.15, 0.2) is 6.61 Å². The maximum Gasteiger partial charge on any atom is 0.261 e. The third-order valence-corrected chi connectivity index (χ3v) is 6.49. The van der Waals surface area contributed by atoms with E-state index in [0.29, 0.717) is 30.3 Å². The number of para-hydroxylation sites is 1.